The fourth-order valence-electron chi connectivity index (χ4n) is 5.53. The van der Waals surface area contributed by atoms with Gasteiger partial charge in [0, 0.05) is 64.2 Å². The summed E-state index contributed by atoms with van der Waals surface area (Å²) in [6.07, 6.45) is 7.59. The molecule has 1 aromatic carbocycles. The van der Waals surface area contributed by atoms with E-state index in [1.165, 1.54) is 0 Å². The maximum atomic E-state index is 13.9. The van der Waals surface area contributed by atoms with E-state index in [2.05, 4.69) is 27.0 Å². The van der Waals surface area contributed by atoms with Gasteiger partial charge in [-0.05, 0) is 42.7 Å². The molecule has 198 valence electrons. The van der Waals surface area contributed by atoms with Crippen LogP contribution in [0.1, 0.15) is 35.8 Å². The number of anilines is 1. The van der Waals surface area contributed by atoms with Gasteiger partial charge in [0.15, 0.2) is 0 Å². The third-order valence-corrected chi connectivity index (χ3v) is 7.73. The van der Waals surface area contributed by atoms with Crippen molar-refractivity contribution in [2.24, 2.45) is 0 Å². The van der Waals surface area contributed by atoms with Crippen LogP contribution < -0.4 is 15.2 Å². The summed E-state index contributed by atoms with van der Waals surface area (Å²) in [5, 5.41) is 0. The van der Waals surface area contributed by atoms with E-state index in [4.69, 9.17) is 14.5 Å². The number of hydrogen-bond acceptors (Lipinski definition) is 7. The summed E-state index contributed by atoms with van der Waals surface area (Å²) in [5.41, 5.74) is 2.68. The van der Waals surface area contributed by atoms with Crippen molar-refractivity contribution in [2.75, 3.05) is 51.4 Å². The van der Waals surface area contributed by atoms with Crippen LogP contribution in [-0.4, -0.2) is 70.3 Å². The van der Waals surface area contributed by atoms with Crippen LogP contribution in [0.15, 0.2) is 65.8 Å². The highest BCUT2D eigenvalue weighted by atomic mass is 16.5. The lowest BCUT2D eigenvalue weighted by Gasteiger charge is -2.35. The van der Waals surface area contributed by atoms with Gasteiger partial charge in [-0.1, -0.05) is 18.2 Å². The van der Waals surface area contributed by atoms with Crippen LogP contribution >= 0.6 is 0 Å². The maximum Gasteiger partial charge on any atom is 0.277 e. The lowest BCUT2D eigenvalue weighted by Crippen LogP contribution is -2.46. The Kier molecular flexibility index (Phi) is 7.11. The summed E-state index contributed by atoms with van der Waals surface area (Å²) in [5.74, 6) is 3.10. The topological polar surface area (TPSA) is 77.1 Å². The third-order valence-electron chi connectivity index (χ3n) is 7.73. The highest BCUT2D eigenvalue weighted by molar-refractivity contribution is 5.45. The molecule has 0 spiro atoms. The second kappa shape index (κ2) is 11.0. The van der Waals surface area contributed by atoms with Crippen molar-refractivity contribution in [3.05, 3.63) is 88.5 Å². The molecule has 0 radical (unpaired) electrons. The van der Waals surface area contributed by atoms with E-state index in [9.17, 15) is 4.79 Å². The molecule has 2 aliphatic heterocycles. The van der Waals surface area contributed by atoms with Gasteiger partial charge in [-0.25, -0.2) is 9.97 Å². The highest BCUT2D eigenvalue weighted by Crippen LogP contribution is 2.26. The summed E-state index contributed by atoms with van der Waals surface area (Å²) in [7, 11) is 1.66. The fourth-order valence-corrected chi connectivity index (χ4v) is 5.53. The zero-order valence-corrected chi connectivity index (χ0v) is 21.8. The molecule has 0 bridgehead atoms. The standard InChI is InChI=1S/C29H34N6O3/c1-37-25-7-5-22(6-8-25)19-34-24(20-32-12-14-33(15-13-32)27-4-2-3-11-30-27)21-35-26(29(34)36)18-31-28(35)23-9-16-38-17-10-23/h2-8,11,18,21,23H,9-10,12-17,19-20H2,1H3. The molecule has 4 aromatic rings. The van der Waals surface area contributed by atoms with E-state index in [-0.39, 0.29) is 5.56 Å². The van der Waals surface area contributed by atoms with Crippen LogP contribution in [0.25, 0.3) is 5.52 Å². The lowest BCUT2D eigenvalue weighted by molar-refractivity contribution is 0.0834. The predicted molar refractivity (Wildman–Crippen MR) is 146 cm³/mol. The molecule has 2 fully saturated rings. The predicted octanol–water partition coefficient (Wildman–Crippen LogP) is 3.16. The Morgan fingerprint density at radius 2 is 1.76 bits per heavy atom. The van der Waals surface area contributed by atoms with Crippen LogP contribution in [0.3, 0.4) is 0 Å². The number of nitrogens with zero attached hydrogens (tertiary/aromatic N) is 6. The fraction of sp³-hybridized carbons (Fsp3) is 0.414. The first-order valence-electron chi connectivity index (χ1n) is 13.4. The maximum absolute atomic E-state index is 13.9. The summed E-state index contributed by atoms with van der Waals surface area (Å²) < 4.78 is 14.9. The van der Waals surface area contributed by atoms with Crippen molar-refractivity contribution >= 4 is 11.3 Å². The number of pyridine rings is 1. The zero-order valence-electron chi connectivity index (χ0n) is 21.8. The number of piperazine rings is 1. The number of fused-ring (bicyclic) bond motifs is 1. The monoisotopic (exact) mass is 514 g/mol. The average Bonchev–Trinajstić information content (AvgIpc) is 3.41. The second-order valence-electron chi connectivity index (χ2n) is 10.1. The SMILES string of the molecule is COc1ccc(Cn2c(CN3CCN(c4ccccn4)CC3)cn3c(C4CCOCC4)ncc3c2=O)cc1. The number of imidazole rings is 1. The van der Waals surface area contributed by atoms with Gasteiger partial charge in [0.1, 0.15) is 22.9 Å². The van der Waals surface area contributed by atoms with E-state index in [0.29, 0.717) is 24.5 Å². The number of ether oxygens (including phenoxy) is 2. The van der Waals surface area contributed by atoms with Crippen LogP contribution in [0.4, 0.5) is 5.82 Å². The Hall–Kier alpha value is -3.69. The van der Waals surface area contributed by atoms with Gasteiger partial charge >= 0.3 is 0 Å². The summed E-state index contributed by atoms with van der Waals surface area (Å²) in [4.78, 5) is 27.9. The van der Waals surface area contributed by atoms with Crippen molar-refractivity contribution in [1.29, 1.82) is 0 Å². The van der Waals surface area contributed by atoms with Gasteiger partial charge in [0.05, 0.1) is 25.5 Å². The van der Waals surface area contributed by atoms with E-state index >= 15 is 0 Å². The molecule has 0 saturated carbocycles. The van der Waals surface area contributed by atoms with E-state index in [1.54, 1.807) is 13.3 Å². The van der Waals surface area contributed by atoms with Gasteiger partial charge in [0.2, 0.25) is 0 Å². The Morgan fingerprint density at radius 1 is 0.974 bits per heavy atom. The molecular formula is C29H34N6O3. The first-order valence-corrected chi connectivity index (χ1v) is 13.4. The highest BCUT2D eigenvalue weighted by Gasteiger charge is 2.24. The quantitative estimate of drug-likeness (QED) is 0.375. The van der Waals surface area contributed by atoms with Gasteiger partial charge < -0.3 is 18.9 Å². The Bertz CT molecular complexity index is 1420. The van der Waals surface area contributed by atoms with Gasteiger partial charge in [0.25, 0.3) is 5.56 Å². The number of aromatic nitrogens is 4. The molecule has 9 heteroatoms. The molecule has 38 heavy (non-hydrogen) atoms. The lowest BCUT2D eigenvalue weighted by atomic mass is 9.99. The zero-order chi connectivity index (χ0) is 25.9. The van der Waals surface area contributed by atoms with Gasteiger partial charge in [-0.15, -0.1) is 0 Å². The minimum Gasteiger partial charge on any atom is -0.497 e. The minimum atomic E-state index is -0.00347. The molecule has 0 atom stereocenters. The van der Waals surface area contributed by atoms with Crippen LogP contribution in [0.2, 0.25) is 0 Å². The van der Waals surface area contributed by atoms with Crippen LogP contribution in [0, 0.1) is 0 Å². The smallest absolute Gasteiger partial charge is 0.277 e. The van der Waals surface area contributed by atoms with Crippen LogP contribution in [-0.2, 0) is 17.8 Å². The molecule has 6 rings (SSSR count). The molecule has 2 aliphatic rings. The largest absolute Gasteiger partial charge is 0.497 e. The minimum absolute atomic E-state index is 0.00347. The van der Waals surface area contributed by atoms with Crippen LogP contribution in [0.5, 0.6) is 5.75 Å². The van der Waals surface area contributed by atoms with Gasteiger partial charge in [-0.2, -0.15) is 0 Å². The van der Waals surface area contributed by atoms with Crippen molar-refractivity contribution in [1.82, 2.24) is 23.8 Å². The summed E-state index contributed by atoms with van der Waals surface area (Å²) in [6, 6.07) is 14.0. The second-order valence-corrected chi connectivity index (χ2v) is 10.1. The van der Waals surface area contributed by atoms with E-state index in [1.807, 2.05) is 51.6 Å². The summed E-state index contributed by atoms with van der Waals surface area (Å²) >= 11 is 0. The van der Waals surface area contributed by atoms with Gasteiger partial charge in [-0.3, -0.25) is 14.1 Å². The first kappa shape index (κ1) is 24.6. The molecule has 0 aliphatic carbocycles. The molecule has 9 nitrogen and oxygen atoms in total. The Balaban J connectivity index is 1.31. The van der Waals surface area contributed by atoms with Crippen molar-refractivity contribution in [3.63, 3.8) is 0 Å². The average molecular weight is 515 g/mol. The number of hydrogen-bond donors (Lipinski definition) is 0. The molecule has 0 unspecified atom stereocenters. The number of rotatable bonds is 7. The molecule has 5 heterocycles. The molecule has 0 N–H and O–H groups in total. The Labute approximate surface area is 222 Å². The number of methoxy groups -OCH3 is 1. The van der Waals surface area contributed by atoms with Crippen molar-refractivity contribution in [3.8, 4) is 5.75 Å². The Morgan fingerprint density at radius 3 is 2.47 bits per heavy atom. The van der Waals surface area contributed by atoms with E-state index in [0.717, 1.165) is 80.9 Å². The molecule has 3 aromatic heterocycles. The first-order chi connectivity index (χ1) is 18.7. The molecular weight excluding hydrogens is 480 g/mol. The molecule has 2 saturated heterocycles. The summed E-state index contributed by atoms with van der Waals surface area (Å²) in [6.45, 7) is 6.29. The van der Waals surface area contributed by atoms with Crippen molar-refractivity contribution < 1.29 is 9.47 Å². The normalized spacial score (nSPS) is 17.2. The van der Waals surface area contributed by atoms with Crippen molar-refractivity contribution in [2.45, 2.75) is 31.8 Å². The number of benzene rings is 1. The third kappa shape index (κ3) is 5.04. The molecule has 0 amide bonds. The van der Waals surface area contributed by atoms with E-state index < -0.39 is 0 Å².